The molecule has 0 saturated carbocycles. The van der Waals surface area contributed by atoms with Crippen molar-refractivity contribution in [3.8, 4) is 6.07 Å². The minimum absolute atomic E-state index is 0.222. The van der Waals surface area contributed by atoms with E-state index in [2.05, 4.69) is 0 Å². The van der Waals surface area contributed by atoms with Crippen molar-refractivity contribution in [2.75, 3.05) is 13.7 Å². The van der Waals surface area contributed by atoms with Gasteiger partial charge in [0.15, 0.2) is 0 Å². The lowest BCUT2D eigenvalue weighted by molar-refractivity contribution is -0.787. The van der Waals surface area contributed by atoms with Gasteiger partial charge in [-0.2, -0.15) is 14.5 Å². The summed E-state index contributed by atoms with van der Waals surface area (Å²) in [7, 11) is 1.29. The molecule has 144 valence electrons. The molecule has 2 unspecified atom stereocenters. The van der Waals surface area contributed by atoms with E-state index >= 15 is 0 Å². The number of ether oxygens (including phenoxy) is 2. The quantitative estimate of drug-likeness (QED) is 0.758. The molecule has 1 fully saturated rings. The first-order valence-electron chi connectivity index (χ1n) is 9.18. The second-order valence-corrected chi connectivity index (χ2v) is 7.02. The van der Waals surface area contributed by atoms with Gasteiger partial charge in [0.25, 0.3) is 0 Å². The average molecular weight is 379 g/mol. The number of imide groups is 1. The zero-order valence-corrected chi connectivity index (χ0v) is 16.0. The van der Waals surface area contributed by atoms with Crippen LogP contribution in [0.2, 0.25) is 0 Å². The Morgan fingerprint density at radius 1 is 1.14 bits per heavy atom. The van der Waals surface area contributed by atoms with E-state index < -0.39 is 10.6 Å². The number of likely N-dealkylation sites (tertiary alicyclic amines) is 1. The number of rotatable bonds is 4. The van der Waals surface area contributed by atoms with Crippen molar-refractivity contribution in [3.05, 3.63) is 71.3 Å². The van der Waals surface area contributed by atoms with Gasteiger partial charge in [-0.05, 0) is 36.8 Å². The van der Waals surface area contributed by atoms with E-state index in [4.69, 9.17) is 14.7 Å². The summed E-state index contributed by atoms with van der Waals surface area (Å²) in [4.78, 5) is 26.1. The fraction of sp³-hybridized carbons (Fsp3) is 0.318. The Morgan fingerprint density at radius 3 is 2.43 bits per heavy atom. The maximum absolute atomic E-state index is 13.3. The predicted molar refractivity (Wildman–Crippen MR) is 102 cm³/mol. The standard InChI is InChI=1S/C22H23N2O4/c1-16-12-20(28-15-18-6-4-3-5-7-18)14-24(16,22(26)27-2)21(25)19-10-8-17(13-23)9-11-19/h3-11,16,20H,12,14-15H2,1-2H3/q+1/t16?,20-,24?/m1/s1. The van der Waals surface area contributed by atoms with Crippen LogP contribution in [-0.4, -0.2) is 42.3 Å². The van der Waals surface area contributed by atoms with Crippen LogP contribution in [0.4, 0.5) is 4.79 Å². The number of methoxy groups -OCH3 is 1. The molecule has 0 radical (unpaired) electrons. The van der Waals surface area contributed by atoms with Gasteiger partial charge in [0, 0.05) is 6.42 Å². The lowest BCUT2D eigenvalue weighted by Gasteiger charge is -2.30. The van der Waals surface area contributed by atoms with E-state index in [0.717, 1.165) is 5.56 Å². The molecule has 6 nitrogen and oxygen atoms in total. The van der Waals surface area contributed by atoms with E-state index in [0.29, 0.717) is 24.2 Å². The third-order valence-electron chi connectivity index (χ3n) is 5.30. The number of benzene rings is 2. The summed E-state index contributed by atoms with van der Waals surface area (Å²) in [5.41, 5.74) is 1.87. The summed E-state index contributed by atoms with van der Waals surface area (Å²) in [6, 6.07) is 17.8. The lowest BCUT2D eigenvalue weighted by Crippen LogP contribution is -2.59. The Morgan fingerprint density at radius 2 is 1.82 bits per heavy atom. The minimum Gasteiger partial charge on any atom is -0.423 e. The van der Waals surface area contributed by atoms with Crippen LogP contribution in [0, 0.1) is 11.3 Å². The number of nitrogens with zero attached hydrogens (tertiary/aromatic N) is 2. The molecule has 0 aliphatic carbocycles. The highest BCUT2D eigenvalue weighted by Crippen LogP contribution is 2.33. The minimum atomic E-state index is -0.590. The Hall–Kier alpha value is -3.01. The highest BCUT2D eigenvalue weighted by molar-refractivity contribution is 5.95. The first-order valence-corrected chi connectivity index (χ1v) is 9.18. The Labute approximate surface area is 164 Å². The average Bonchev–Trinajstić information content (AvgIpc) is 3.09. The Bertz CT molecular complexity index is 889. The van der Waals surface area contributed by atoms with Crippen molar-refractivity contribution in [2.45, 2.75) is 32.1 Å². The molecule has 0 bridgehead atoms. The van der Waals surface area contributed by atoms with E-state index in [9.17, 15) is 9.59 Å². The summed E-state index contributed by atoms with van der Waals surface area (Å²) >= 11 is 0. The topological polar surface area (TPSA) is 76.4 Å². The van der Waals surface area contributed by atoms with Crippen LogP contribution in [0.15, 0.2) is 54.6 Å². The van der Waals surface area contributed by atoms with Crippen LogP contribution in [0.5, 0.6) is 0 Å². The lowest BCUT2D eigenvalue weighted by atomic mass is 10.1. The van der Waals surface area contributed by atoms with Gasteiger partial charge >= 0.3 is 12.0 Å². The molecule has 3 atom stereocenters. The smallest absolute Gasteiger partial charge is 0.423 e. The third-order valence-corrected chi connectivity index (χ3v) is 5.30. The SMILES string of the molecule is COC(=O)[N+]1(C(=O)c2ccc(C#N)cc2)C[C@H](OCc2ccccc2)CC1C. The van der Waals surface area contributed by atoms with Crippen LogP contribution in [-0.2, 0) is 16.1 Å². The molecule has 0 spiro atoms. The highest BCUT2D eigenvalue weighted by Gasteiger charge is 2.57. The number of carbonyl (C=O) groups is 2. The van der Waals surface area contributed by atoms with Crippen LogP contribution >= 0.6 is 0 Å². The molecule has 2 amide bonds. The fourth-order valence-corrected chi connectivity index (χ4v) is 3.75. The summed E-state index contributed by atoms with van der Waals surface area (Å²) in [5, 5.41) is 8.96. The molecule has 6 heteroatoms. The fourth-order valence-electron chi connectivity index (χ4n) is 3.75. The number of quaternary nitrogens is 1. The first-order chi connectivity index (χ1) is 13.5. The molecule has 2 aromatic carbocycles. The van der Waals surface area contributed by atoms with Gasteiger partial charge in [-0.25, -0.2) is 4.79 Å². The molecule has 2 aromatic rings. The van der Waals surface area contributed by atoms with Crippen molar-refractivity contribution < 1.29 is 23.5 Å². The number of amides is 2. The normalized spacial score (nSPS) is 23.8. The van der Waals surface area contributed by atoms with Crippen LogP contribution in [0.3, 0.4) is 0 Å². The number of carbonyl (C=O) groups excluding carboxylic acids is 2. The van der Waals surface area contributed by atoms with Crippen molar-refractivity contribution in [3.63, 3.8) is 0 Å². The van der Waals surface area contributed by atoms with E-state index in [1.165, 1.54) is 7.11 Å². The van der Waals surface area contributed by atoms with Crippen molar-refractivity contribution in [1.82, 2.24) is 0 Å². The van der Waals surface area contributed by atoms with Gasteiger partial charge in [0.2, 0.25) is 0 Å². The second kappa shape index (κ2) is 8.34. The largest absolute Gasteiger partial charge is 0.523 e. The van der Waals surface area contributed by atoms with Crippen molar-refractivity contribution >= 4 is 12.0 Å². The van der Waals surface area contributed by atoms with Gasteiger partial charge in [0.1, 0.15) is 18.7 Å². The second-order valence-electron chi connectivity index (χ2n) is 7.02. The zero-order chi connectivity index (χ0) is 20.1. The molecule has 1 aliphatic heterocycles. The summed E-state index contributed by atoms with van der Waals surface area (Å²) < 4.78 is 10.6. The van der Waals surface area contributed by atoms with Gasteiger partial charge in [-0.3, -0.25) is 0 Å². The molecular weight excluding hydrogens is 356 g/mol. The Balaban J connectivity index is 1.83. The maximum atomic E-state index is 13.3. The molecular formula is C22H23N2O4+. The first kappa shape index (κ1) is 19.7. The van der Waals surface area contributed by atoms with Gasteiger partial charge < -0.3 is 9.47 Å². The number of hydrogen-bond donors (Lipinski definition) is 0. The maximum Gasteiger partial charge on any atom is 0.523 e. The van der Waals surface area contributed by atoms with Gasteiger partial charge in [-0.15, -0.1) is 0 Å². The summed E-state index contributed by atoms with van der Waals surface area (Å²) in [6.45, 7) is 2.51. The predicted octanol–water partition coefficient (Wildman–Crippen LogP) is 3.66. The molecule has 1 saturated heterocycles. The van der Waals surface area contributed by atoms with Crippen LogP contribution < -0.4 is 0 Å². The van der Waals surface area contributed by atoms with Crippen LogP contribution in [0.1, 0.15) is 34.8 Å². The highest BCUT2D eigenvalue weighted by atomic mass is 16.6. The third kappa shape index (κ3) is 3.68. The zero-order valence-electron chi connectivity index (χ0n) is 16.0. The van der Waals surface area contributed by atoms with E-state index in [1.54, 1.807) is 24.3 Å². The van der Waals surface area contributed by atoms with Crippen molar-refractivity contribution in [2.24, 2.45) is 0 Å². The molecule has 28 heavy (non-hydrogen) atoms. The Kier molecular flexibility index (Phi) is 5.88. The van der Waals surface area contributed by atoms with Gasteiger partial charge in [-0.1, -0.05) is 30.3 Å². The number of nitriles is 1. The number of hydrogen-bond acceptors (Lipinski definition) is 5. The van der Waals surface area contributed by atoms with E-state index in [1.807, 2.05) is 43.3 Å². The molecule has 0 aromatic heterocycles. The van der Waals surface area contributed by atoms with Gasteiger partial charge in [0.05, 0.1) is 30.9 Å². The summed E-state index contributed by atoms with van der Waals surface area (Å²) in [5.74, 6) is -0.338. The van der Waals surface area contributed by atoms with Crippen LogP contribution in [0.25, 0.3) is 0 Å². The van der Waals surface area contributed by atoms with E-state index in [-0.39, 0.29) is 24.6 Å². The molecule has 3 rings (SSSR count). The van der Waals surface area contributed by atoms with Crippen molar-refractivity contribution in [1.29, 1.82) is 5.26 Å². The molecule has 1 aliphatic rings. The summed E-state index contributed by atoms with van der Waals surface area (Å²) in [6.07, 6.45) is -0.256. The molecule has 0 N–H and O–H groups in total. The molecule has 1 heterocycles. The monoisotopic (exact) mass is 379 g/mol.